The summed E-state index contributed by atoms with van der Waals surface area (Å²) in [4.78, 5) is 29.3. The maximum Gasteiger partial charge on any atom is 0.328 e. The number of nitrogens with zero attached hydrogens (tertiary/aromatic N) is 2. The van der Waals surface area contributed by atoms with Crippen molar-refractivity contribution < 1.29 is 19.4 Å². The van der Waals surface area contributed by atoms with E-state index in [2.05, 4.69) is 4.98 Å². The van der Waals surface area contributed by atoms with E-state index in [9.17, 15) is 14.7 Å². The van der Waals surface area contributed by atoms with E-state index in [1.54, 1.807) is 30.5 Å². The van der Waals surface area contributed by atoms with Gasteiger partial charge in [-0.3, -0.25) is 9.78 Å². The fourth-order valence-corrected chi connectivity index (χ4v) is 2.43. The topological polar surface area (TPSA) is 79.7 Å². The van der Waals surface area contributed by atoms with Gasteiger partial charge in [0.15, 0.2) is 6.04 Å². The molecule has 0 radical (unpaired) electrons. The molecule has 6 heteroatoms. The molecule has 1 aromatic heterocycles. The third kappa shape index (κ3) is 2.57. The number of benzene rings is 1. The van der Waals surface area contributed by atoms with Crippen molar-refractivity contribution >= 4 is 22.8 Å². The average molecular weight is 286 g/mol. The minimum absolute atomic E-state index is 0.0240. The monoisotopic (exact) mass is 286 g/mol. The van der Waals surface area contributed by atoms with Crippen LogP contribution in [0.5, 0.6) is 0 Å². The molecule has 1 aliphatic heterocycles. The van der Waals surface area contributed by atoms with Crippen LogP contribution < -0.4 is 0 Å². The van der Waals surface area contributed by atoms with Crippen LogP contribution in [0.2, 0.25) is 0 Å². The number of ether oxygens (including phenoxy) is 1. The minimum Gasteiger partial charge on any atom is -0.480 e. The van der Waals surface area contributed by atoms with Crippen molar-refractivity contribution in [2.45, 2.75) is 6.04 Å². The van der Waals surface area contributed by atoms with Gasteiger partial charge < -0.3 is 14.7 Å². The van der Waals surface area contributed by atoms with Gasteiger partial charge in [-0.2, -0.15) is 0 Å². The first kappa shape index (κ1) is 13.5. The molecule has 1 saturated heterocycles. The Hall–Kier alpha value is -2.47. The molecule has 21 heavy (non-hydrogen) atoms. The molecule has 0 aliphatic carbocycles. The van der Waals surface area contributed by atoms with Gasteiger partial charge in [0.05, 0.1) is 18.7 Å². The second-order valence-electron chi connectivity index (χ2n) is 4.84. The van der Waals surface area contributed by atoms with Gasteiger partial charge in [0.1, 0.15) is 0 Å². The summed E-state index contributed by atoms with van der Waals surface area (Å²) < 4.78 is 5.15. The van der Waals surface area contributed by atoms with Crippen LogP contribution in [0.1, 0.15) is 10.4 Å². The van der Waals surface area contributed by atoms with E-state index < -0.39 is 12.0 Å². The van der Waals surface area contributed by atoms with Crippen molar-refractivity contribution in [3.8, 4) is 0 Å². The van der Waals surface area contributed by atoms with E-state index in [4.69, 9.17) is 4.74 Å². The first-order valence-electron chi connectivity index (χ1n) is 6.63. The lowest BCUT2D eigenvalue weighted by Gasteiger charge is -2.32. The Kier molecular flexibility index (Phi) is 3.53. The molecule has 2 aromatic rings. The van der Waals surface area contributed by atoms with E-state index in [0.29, 0.717) is 12.2 Å². The maximum absolute atomic E-state index is 12.5. The average Bonchev–Trinajstić information content (AvgIpc) is 2.53. The number of pyridine rings is 1. The number of amides is 1. The zero-order chi connectivity index (χ0) is 14.8. The molecule has 1 unspecified atom stereocenters. The highest BCUT2D eigenvalue weighted by Crippen LogP contribution is 2.17. The number of hydrogen-bond acceptors (Lipinski definition) is 4. The van der Waals surface area contributed by atoms with Gasteiger partial charge in [-0.15, -0.1) is 0 Å². The Labute approximate surface area is 121 Å². The Balaban J connectivity index is 1.93. The predicted molar refractivity (Wildman–Crippen MR) is 75.0 cm³/mol. The van der Waals surface area contributed by atoms with Crippen LogP contribution in [-0.2, 0) is 9.53 Å². The molecular weight excluding hydrogens is 272 g/mol. The van der Waals surface area contributed by atoms with Crippen molar-refractivity contribution in [2.75, 3.05) is 19.8 Å². The van der Waals surface area contributed by atoms with Crippen LogP contribution in [-0.4, -0.2) is 52.7 Å². The number of carbonyl (C=O) groups excluding carboxylic acids is 1. The molecule has 0 saturated carbocycles. The highest BCUT2D eigenvalue weighted by molar-refractivity contribution is 5.99. The maximum atomic E-state index is 12.5. The van der Waals surface area contributed by atoms with E-state index in [1.165, 1.54) is 4.90 Å². The fraction of sp³-hybridized carbons (Fsp3) is 0.267. The zero-order valence-corrected chi connectivity index (χ0v) is 11.2. The van der Waals surface area contributed by atoms with Crippen LogP contribution in [0.4, 0.5) is 0 Å². The molecule has 6 nitrogen and oxygen atoms in total. The third-order valence-electron chi connectivity index (χ3n) is 3.52. The smallest absolute Gasteiger partial charge is 0.328 e. The number of carboxylic acid groups (broad SMARTS) is 1. The number of carbonyl (C=O) groups is 2. The first-order valence-corrected chi connectivity index (χ1v) is 6.63. The molecule has 3 rings (SSSR count). The molecule has 0 bridgehead atoms. The molecule has 1 atom stereocenters. The summed E-state index contributed by atoms with van der Waals surface area (Å²) in [6.07, 6.45) is 1.69. The summed E-state index contributed by atoms with van der Waals surface area (Å²) in [5.74, 6) is -1.35. The lowest BCUT2D eigenvalue weighted by molar-refractivity contribution is -0.147. The highest BCUT2D eigenvalue weighted by atomic mass is 16.5. The van der Waals surface area contributed by atoms with Gasteiger partial charge in [-0.25, -0.2) is 4.79 Å². The number of aromatic nitrogens is 1. The standard InChI is InChI=1S/C15H14N2O4/c18-14(17-6-7-21-9-13(17)15(19)20)11-3-4-12-10(8-11)2-1-5-16-12/h1-5,8,13H,6-7,9H2,(H,19,20). The summed E-state index contributed by atoms with van der Waals surface area (Å²) >= 11 is 0. The fourth-order valence-electron chi connectivity index (χ4n) is 2.43. The number of hydrogen-bond donors (Lipinski definition) is 1. The van der Waals surface area contributed by atoms with Crippen LogP contribution in [0.3, 0.4) is 0 Å². The van der Waals surface area contributed by atoms with Crippen molar-refractivity contribution in [3.63, 3.8) is 0 Å². The number of aliphatic carboxylic acids is 1. The Bertz CT molecular complexity index is 701. The van der Waals surface area contributed by atoms with Gasteiger partial charge in [0.2, 0.25) is 0 Å². The molecule has 2 heterocycles. The highest BCUT2D eigenvalue weighted by Gasteiger charge is 2.33. The number of morpholine rings is 1. The molecule has 1 N–H and O–H groups in total. The Morgan fingerprint density at radius 3 is 3.00 bits per heavy atom. The van der Waals surface area contributed by atoms with Gasteiger partial charge in [0, 0.05) is 23.7 Å². The lowest BCUT2D eigenvalue weighted by Crippen LogP contribution is -2.52. The SMILES string of the molecule is O=C(O)C1COCCN1C(=O)c1ccc2ncccc2c1. The normalized spacial score (nSPS) is 18.7. The van der Waals surface area contributed by atoms with Gasteiger partial charge in [-0.1, -0.05) is 6.07 Å². The third-order valence-corrected chi connectivity index (χ3v) is 3.52. The summed E-state index contributed by atoms with van der Waals surface area (Å²) in [5.41, 5.74) is 1.26. The summed E-state index contributed by atoms with van der Waals surface area (Å²) in [7, 11) is 0. The molecule has 0 spiro atoms. The quantitative estimate of drug-likeness (QED) is 0.896. The zero-order valence-electron chi connectivity index (χ0n) is 11.2. The molecule has 1 aromatic carbocycles. The first-order chi connectivity index (χ1) is 10.2. The van der Waals surface area contributed by atoms with Gasteiger partial charge >= 0.3 is 5.97 Å². The van der Waals surface area contributed by atoms with Crippen molar-refractivity contribution in [1.29, 1.82) is 0 Å². The number of carboxylic acids is 1. The van der Waals surface area contributed by atoms with Crippen molar-refractivity contribution in [1.82, 2.24) is 9.88 Å². The summed E-state index contributed by atoms with van der Waals surface area (Å²) in [6, 6.07) is 7.90. The summed E-state index contributed by atoms with van der Waals surface area (Å²) in [6.45, 7) is 0.655. The van der Waals surface area contributed by atoms with Crippen LogP contribution in [0.25, 0.3) is 10.9 Å². The van der Waals surface area contributed by atoms with Crippen LogP contribution >= 0.6 is 0 Å². The largest absolute Gasteiger partial charge is 0.480 e. The second-order valence-corrected chi connectivity index (χ2v) is 4.84. The molecule has 1 amide bonds. The van der Waals surface area contributed by atoms with E-state index in [0.717, 1.165) is 10.9 Å². The Morgan fingerprint density at radius 1 is 1.33 bits per heavy atom. The van der Waals surface area contributed by atoms with E-state index >= 15 is 0 Å². The van der Waals surface area contributed by atoms with Crippen molar-refractivity contribution in [2.24, 2.45) is 0 Å². The van der Waals surface area contributed by atoms with Crippen molar-refractivity contribution in [3.05, 3.63) is 42.1 Å². The number of fused-ring (bicyclic) bond motifs is 1. The van der Waals surface area contributed by atoms with Crippen LogP contribution in [0, 0.1) is 0 Å². The lowest BCUT2D eigenvalue weighted by atomic mass is 10.1. The number of rotatable bonds is 2. The second kappa shape index (κ2) is 5.49. The summed E-state index contributed by atoms with van der Waals surface area (Å²) in [5, 5.41) is 10.0. The van der Waals surface area contributed by atoms with E-state index in [-0.39, 0.29) is 19.1 Å². The van der Waals surface area contributed by atoms with Crippen LogP contribution in [0.15, 0.2) is 36.5 Å². The molecular formula is C15H14N2O4. The van der Waals surface area contributed by atoms with E-state index in [1.807, 2.05) is 6.07 Å². The molecule has 108 valence electrons. The van der Waals surface area contributed by atoms with Gasteiger partial charge in [-0.05, 0) is 24.3 Å². The molecule has 1 aliphatic rings. The van der Waals surface area contributed by atoms with Gasteiger partial charge in [0.25, 0.3) is 5.91 Å². The minimum atomic E-state index is -1.05. The Morgan fingerprint density at radius 2 is 2.19 bits per heavy atom. The predicted octanol–water partition coefficient (Wildman–Crippen LogP) is 1.16. The molecule has 1 fully saturated rings.